The molecule has 0 heterocycles. The third-order valence-corrected chi connectivity index (χ3v) is 4.30. The molecule has 0 bridgehead atoms. The number of nitrogens with one attached hydrogen (secondary N) is 2. The molecule has 1 unspecified atom stereocenters. The van der Waals surface area contributed by atoms with E-state index in [4.69, 9.17) is 10.5 Å². The van der Waals surface area contributed by atoms with Gasteiger partial charge in [-0.1, -0.05) is 6.92 Å². The van der Waals surface area contributed by atoms with Crippen LogP contribution >= 0.6 is 0 Å². The van der Waals surface area contributed by atoms with Crippen LogP contribution in [0.5, 0.6) is 0 Å². The Morgan fingerprint density at radius 3 is 2.48 bits per heavy atom. The second kappa shape index (κ2) is 8.08. The first-order valence-electron chi connectivity index (χ1n) is 6.55. The molecule has 0 saturated heterocycles. The number of methoxy groups -OCH3 is 1. The molecule has 0 radical (unpaired) electrons. The number of hydrogen-bond donors (Lipinski definition) is 3. The van der Waals surface area contributed by atoms with Gasteiger partial charge in [0, 0.05) is 25.9 Å². The minimum atomic E-state index is -3.49. The first-order chi connectivity index (χ1) is 9.90. The quantitative estimate of drug-likeness (QED) is 0.638. The number of carbonyl (C=O) groups excluding carboxylic acids is 1. The number of hydrogen-bond acceptors (Lipinski definition) is 5. The minimum Gasteiger partial charge on any atom is -0.385 e. The van der Waals surface area contributed by atoms with E-state index in [0.717, 1.165) is 0 Å². The van der Waals surface area contributed by atoms with Gasteiger partial charge in [0.15, 0.2) is 0 Å². The van der Waals surface area contributed by atoms with E-state index in [2.05, 4.69) is 10.0 Å². The highest BCUT2D eigenvalue weighted by Gasteiger charge is 2.15. The molecule has 0 aliphatic carbocycles. The van der Waals surface area contributed by atoms with Gasteiger partial charge >= 0.3 is 0 Å². The van der Waals surface area contributed by atoms with Crippen LogP contribution in [0, 0.1) is 0 Å². The van der Waals surface area contributed by atoms with E-state index >= 15 is 0 Å². The molecule has 0 fully saturated rings. The standard InChI is InChI=1S/C13H21N3O4S/c1-3-15-21(18,19)11-6-4-10(5-7-11)16-13(17)12(14)8-9-20-2/h4-7,12,15H,3,8-9,14H2,1-2H3,(H,16,17). The third kappa shape index (κ3) is 5.43. The molecular formula is C13H21N3O4S. The van der Waals surface area contributed by atoms with E-state index in [0.29, 0.717) is 25.3 Å². The van der Waals surface area contributed by atoms with Gasteiger partial charge < -0.3 is 15.8 Å². The monoisotopic (exact) mass is 315 g/mol. The number of rotatable bonds is 8. The molecule has 0 aliphatic rings. The summed E-state index contributed by atoms with van der Waals surface area (Å²) in [6.07, 6.45) is 0.412. The van der Waals surface area contributed by atoms with Gasteiger partial charge in [0.25, 0.3) is 0 Å². The molecule has 0 spiro atoms. The summed E-state index contributed by atoms with van der Waals surface area (Å²) in [4.78, 5) is 11.9. The van der Waals surface area contributed by atoms with Crippen LogP contribution in [0.2, 0.25) is 0 Å². The number of amides is 1. The lowest BCUT2D eigenvalue weighted by Crippen LogP contribution is -2.36. The third-order valence-electron chi connectivity index (χ3n) is 2.74. The van der Waals surface area contributed by atoms with Crippen molar-refractivity contribution in [3.8, 4) is 0 Å². The Balaban J connectivity index is 2.69. The largest absolute Gasteiger partial charge is 0.385 e. The SMILES string of the molecule is CCNS(=O)(=O)c1ccc(NC(=O)C(N)CCOC)cc1. The van der Waals surface area contributed by atoms with Crippen LogP contribution in [-0.4, -0.2) is 40.6 Å². The van der Waals surface area contributed by atoms with E-state index in [1.807, 2.05) is 0 Å². The molecule has 0 aliphatic heterocycles. The first-order valence-corrected chi connectivity index (χ1v) is 8.04. The van der Waals surface area contributed by atoms with Gasteiger partial charge in [0.1, 0.15) is 0 Å². The van der Waals surface area contributed by atoms with Gasteiger partial charge in [0.05, 0.1) is 10.9 Å². The van der Waals surface area contributed by atoms with Gasteiger partial charge in [-0.3, -0.25) is 4.79 Å². The van der Waals surface area contributed by atoms with Crippen LogP contribution in [0.4, 0.5) is 5.69 Å². The van der Waals surface area contributed by atoms with Crippen molar-refractivity contribution in [3.63, 3.8) is 0 Å². The highest BCUT2D eigenvalue weighted by molar-refractivity contribution is 7.89. The Kier molecular flexibility index (Phi) is 6.76. The summed E-state index contributed by atoms with van der Waals surface area (Å²) in [6, 6.07) is 5.22. The molecule has 0 saturated carbocycles. The van der Waals surface area contributed by atoms with Gasteiger partial charge in [-0.2, -0.15) is 0 Å². The van der Waals surface area contributed by atoms with Crippen molar-refractivity contribution in [1.29, 1.82) is 0 Å². The topological polar surface area (TPSA) is 111 Å². The molecule has 1 rings (SSSR count). The fourth-order valence-corrected chi connectivity index (χ4v) is 2.64. The van der Waals surface area contributed by atoms with Crippen molar-refractivity contribution in [3.05, 3.63) is 24.3 Å². The lowest BCUT2D eigenvalue weighted by molar-refractivity contribution is -0.117. The fourth-order valence-electron chi connectivity index (χ4n) is 1.60. The van der Waals surface area contributed by atoms with Crippen molar-refractivity contribution >= 4 is 21.6 Å². The van der Waals surface area contributed by atoms with Crippen LogP contribution in [0.1, 0.15) is 13.3 Å². The zero-order valence-corrected chi connectivity index (χ0v) is 12.9. The summed E-state index contributed by atoms with van der Waals surface area (Å²) in [5.41, 5.74) is 6.18. The number of ether oxygens (including phenoxy) is 1. The molecule has 1 aromatic rings. The molecule has 1 atom stereocenters. The molecule has 0 aromatic heterocycles. The summed E-state index contributed by atoms with van der Waals surface area (Å²) in [7, 11) is -1.95. The van der Waals surface area contributed by atoms with Crippen LogP contribution in [-0.2, 0) is 19.6 Å². The zero-order valence-electron chi connectivity index (χ0n) is 12.1. The lowest BCUT2D eigenvalue weighted by atomic mass is 10.2. The maximum Gasteiger partial charge on any atom is 0.241 e. The van der Waals surface area contributed by atoms with E-state index in [-0.39, 0.29) is 10.8 Å². The lowest BCUT2D eigenvalue weighted by Gasteiger charge is -2.12. The van der Waals surface area contributed by atoms with Crippen LogP contribution < -0.4 is 15.8 Å². The van der Waals surface area contributed by atoms with Gasteiger partial charge in [0.2, 0.25) is 15.9 Å². The summed E-state index contributed by atoms with van der Waals surface area (Å²) in [5, 5.41) is 2.63. The highest BCUT2D eigenvalue weighted by Crippen LogP contribution is 2.14. The Bertz CT molecular complexity index is 557. The normalized spacial score (nSPS) is 12.9. The van der Waals surface area contributed by atoms with Crippen LogP contribution in [0.15, 0.2) is 29.2 Å². The Hall–Kier alpha value is -1.48. The molecule has 21 heavy (non-hydrogen) atoms. The average molecular weight is 315 g/mol. The number of nitrogens with two attached hydrogens (primary N) is 1. The molecule has 1 aromatic carbocycles. The van der Waals surface area contributed by atoms with Crippen molar-refractivity contribution in [1.82, 2.24) is 4.72 Å². The predicted octanol–water partition coefficient (Wildman–Crippen LogP) is 0.287. The Morgan fingerprint density at radius 2 is 1.95 bits per heavy atom. The summed E-state index contributed by atoms with van der Waals surface area (Å²) in [6.45, 7) is 2.41. The smallest absolute Gasteiger partial charge is 0.241 e. The second-order valence-electron chi connectivity index (χ2n) is 4.40. The highest BCUT2D eigenvalue weighted by atomic mass is 32.2. The van der Waals surface area contributed by atoms with Gasteiger partial charge in [-0.15, -0.1) is 0 Å². The van der Waals surface area contributed by atoms with E-state index in [1.54, 1.807) is 6.92 Å². The molecular weight excluding hydrogens is 294 g/mol. The van der Waals surface area contributed by atoms with Crippen molar-refractivity contribution in [2.24, 2.45) is 5.73 Å². The van der Waals surface area contributed by atoms with Crippen molar-refractivity contribution in [2.75, 3.05) is 25.6 Å². The van der Waals surface area contributed by atoms with E-state index in [1.165, 1.54) is 31.4 Å². The minimum absolute atomic E-state index is 0.144. The number of anilines is 1. The van der Waals surface area contributed by atoms with E-state index < -0.39 is 16.1 Å². The summed E-state index contributed by atoms with van der Waals surface area (Å²) >= 11 is 0. The van der Waals surface area contributed by atoms with Crippen LogP contribution in [0.25, 0.3) is 0 Å². The number of sulfonamides is 1. The van der Waals surface area contributed by atoms with E-state index in [9.17, 15) is 13.2 Å². The Morgan fingerprint density at radius 1 is 1.33 bits per heavy atom. The molecule has 8 heteroatoms. The van der Waals surface area contributed by atoms with Crippen molar-refractivity contribution in [2.45, 2.75) is 24.3 Å². The fraction of sp³-hybridized carbons (Fsp3) is 0.462. The maximum absolute atomic E-state index is 11.8. The zero-order chi connectivity index (χ0) is 15.9. The Labute approximate surface area is 124 Å². The van der Waals surface area contributed by atoms with Gasteiger partial charge in [-0.25, -0.2) is 13.1 Å². The molecule has 7 nitrogen and oxygen atoms in total. The number of carbonyl (C=O) groups is 1. The maximum atomic E-state index is 11.8. The van der Waals surface area contributed by atoms with Gasteiger partial charge in [-0.05, 0) is 30.7 Å². The first kappa shape index (κ1) is 17.6. The predicted molar refractivity (Wildman–Crippen MR) is 80.4 cm³/mol. The van der Waals surface area contributed by atoms with Crippen molar-refractivity contribution < 1.29 is 17.9 Å². The average Bonchev–Trinajstić information content (AvgIpc) is 2.45. The van der Waals surface area contributed by atoms with Crippen LogP contribution in [0.3, 0.4) is 0 Å². The summed E-state index contributed by atoms with van der Waals surface area (Å²) < 4.78 is 30.8. The summed E-state index contributed by atoms with van der Waals surface area (Å²) in [5.74, 6) is -0.339. The molecule has 1 amide bonds. The second-order valence-corrected chi connectivity index (χ2v) is 6.17. The molecule has 4 N–H and O–H groups in total. The number of benzene rings is 1. The molecule has 118 valence electrons.